The number of amides is 1. The lowest BCUT2D eigenvalue weighted by atomic mass is 10.2. The summed E-state index contributed by atoms with van der Waals surface area (Å²) >= 11 is 0. The smallest absolute Gasteiger partial charge is 0.239 e. The first kappa shape index (κ1) is 21.1. The highest BCUT2D eigenvalue weighted by atomic mass is 16.5. The van der Waals surface area contributed by atoms with E-state index in [0.29, 0.717) is 30.4 Å². The molecular formula is C20H28N4O5. The summed E-state index contributed by atoms with van der Waals surface area (Å²) in [5.74, 6) is 2.44. The average Bonchev–Trinajstić information content (AvgIpc) is 3.12. The predicted molar refractivity (Wildman–Crippen MR) is 107 cm³/mol. The number of carbonyl (C=O) groups excluding carboxylic acids is 1. The first-order valence-corrected chi connectivity index (χ1v) is 9.64. The number of aliphatic hydroxyl groups is 1. The van der Waals surface area contributed by atoms with Gasteiger partial charge in [0.05, 0.1) is 13.7 Å². The molecule has 29 heavy (non-hydrogen) atoms. The van der Waals surface area contributed by atoms with Crippen molar-refractivity contribution in [1.29, 1.82) is 0 Å². The van der Waals surface area contributed by atoms with E-state index in [0.717, 1.165) is 31.9 Å². The van der Waals surface area contributed by atoms with Gasteiger partial charge in [0.1, 0.15) is 30.0 Å². The number of anilines is 1. The molecule has 1 amide bonds. The molecule has 1 aliphatic rings. The molecule has 0 aliphatic carbocycles. The first-order valence-electron chi connectivity index (χ1n) is 9.64. The van der Waals surface area contributed by atoms with Crippen LogP contribution in [0, 0.1) is 6.92 Å². The van der Waals surface area contributed by atoms with E-state index >= 15 is 0 Å². The highest BCUT2D eigenvalue weighted by molar-refractivity contribution is 5.91. The maximum Gasteiger partial charge on any atom is 0.239 e. The lowest BCUT2D eigenvalue weighted by Crippen LogP contribution is -2.50. The molecule has 2 N–H and O–H groups in total. The van der Waals surface area contributed by atoms with Crippen LogP contribution >= 0.6 is 0 Å². The molecular weight excluding hydrogens is 376 g/mol. The van der Waals surface area contributed by atoms with Crippen LogP contribution in [0.2, 0.25) is 0 Å². The third-order valence-electron chi connectivity index (χ3n) is 4.70. The summed E-state index contributed by atoms with van der Waals surface area (Å²) < 4.78 is 15.7. The average molecular weight is 404 g/mol. The number of piperazine rings is 1. The summed E-state index contributed by atoms with van der Waals surface area (Å²) in [4.78, 5) is 16.4. The van der Waals surface area contributed by atoms with Crippen molar-refractivity contribution in [3.63, 3.8) is 0 Å². The van der Waals surface area contributed by atoms with Gasteiger partial charge in [-0.1, -0.05) is 5.16 Å². The second kappa shape index (κ2) is 10.2. The lowest BCUT2D eigenvalue weighted by Gasteiger charge is -2.35. The molecule has 1 aromatic carbocycles. The summed E-state index contributed by atoms with van der Waals surface area (Å²) in [7, 11) is 1.61. The second-order valence-electron chi connectivity index (χ2n) is 7.09. The molecule has 1 aromatic heterocycles. The zero-order valence-electron chi connectivity index (χ0n) is 16.8. The number of aromatic nitrogens is 1. The number of β-amino-alcohol motifs (C(OH)–C–C–N with tert-alkyl or cyclic N) is 1. The fourth-order valence-corrected chi connectivity index (χ4v) is 3.16. The number of benzene rings is 1. The van der Waals surface area contributed by atoms with Gasteiger partial charge in [-0.05, 0) is 31.2 Å². The van der Waals surface area contributed by atoms with Crippen molar-refractivity contribution in [2.45, 2.75) is 13.0 Å². The van der Waals surface area contributed by atoms with Crippen molar-refractivity contribution >= 4 is 11.7 Å². The molecule has 1 atom stereocenters. The summed E-state index contributed by atoms with van der Waals surface area (Å²) in [5, 5.41) is 16.7. The van der Waals surface area contributed by atoms with Crippen molar-refractivity contribution < 1.29 is 23.9 Å². The molecule has 2 heterocycles. The number of hydrogen-bond acceptors (Lipinski definition) is 8. The zero-order chi connectivity index (χ0) is 20.6. The molecule has 9 heteroatoms. The minimum Gasteiger partial charge on any atom is -0.497 e. The zero-order valence-corrected chi connectivity index (χ0v) is 16.8. The van der Waals surface area contributed by atoms with E-state index in [2.05, 4.69) is 20.3 Å². The summed E-state index contributed by atoms with van der Waals surface area (Å²) in [6.07, 6.45) is -0.581. The lowest BCUT2D eigenvalue weighted by molar-refractivity contribution is -0.117. The van der Waals surface area contributed by atoms with Crippen molar-refractivity contribution in [1.82, 2.24) is 15.0 Å². The van der Waals surface area contributed by atoms with Gasteiger partial charge >= 0.3 is 0 Å². The molecule has 0 spiro atoms. The minimum atomic E-state index is -0.581. The largest absolute Gasteiger partial charge is 0.497 e. The Labute approximate surface area is 170 Å². The minimum absolute atomic E-state index is 0.111. The van der Waals surface area contributed by atoms with Crippen molar-refractivity contribution in [2.75, 3.05) is 58.3 Å². The third-order valence-corrected chi connectivity index (χ3v) is 4.70. The Hall–Kier alpha value is -2.62. The highest BCUT2D eigenvalue weighted by Gasteiger charge is 2.21. The number of nitrogens with one attached hydrogen (secondary N) is 1. The summed E-state index contributed by atoms with van der Waals surface area (Å²) in [5.41, 5.74) is 0. The molecule has 1 fully saturated rings. The topological polar surface area (TPSA) is 100 Å². The van der Waals surface area contributed by atoms with Crippen molar-refractivity contribution in [2.24, 2.45) is 0 Å². The summed E-state index contributed by atoms with van der Waals surface area (Å²) in [6, 6.07) is 8.96. The van der Waals surface area contributed by atoms with Crippen LogP contribution in [-0.4, -0.2) is 85.1 Å². The maximum absolute atomic E-state index is 12.1. The molecule has 9 nitrogen and oxygen atoms in total. The van der Waals surface area contributed by atoms with E-state index in [-0.39, 0.29) is 12.5 Å². The molecule has 0 saturated carbocycles. The van der Waals surface area contributed by atoms with Crippen molar-refractivity contribution in [3.8, 4) is 11.5 Å². The molecule has 1 aliphatic heterocycles. The molecule has 158 valence electrons. The number of hydrogen-bond donors (Lipinski definition) is 2. The van der Waals surface area contributed by atoms with E-state index in [1.807, 2.05) is 24.3 Å². The second-order valence-corrected chi connectivity index (χ2v) is 7.09. The number of ether oxygens (including phenoxy) is 2. The van der Waals surface area contributed by atoms with Crippen LogP contribution in [0.3, 0.4) is 0 Å². The maximum atomic E-state index is 12.1. The van der Waals surface area contributed by atoms with Crippen LogP contribution in [0.4, 0.5) is 5.82 Å². The van der Waals surface area contributed by atoms with Gasteiger partial charge in [0.2, 0.25) is 5.91 Å². The SMILES string of the molecule is COc1ccc(OCC(O)CN2CCN(CC(=O)Nc3cc(C)on3)CC2)cc1. The Balaban J connectivity index is 1.32. The third kappa shape index (κ3) is 6.74. The van der Waals surface area contributed by atoms with E-state index in [1.165, 1.54) is 0 Å². The normalized spacial score (nSPS) is 16.4. The highest BCUT2D eigenvalue weighted by Crippen LogP contribution is 2.17. The van der Waals surface area contributed by atoms with Crippen LogP contribution < -0.4 is 14.8 Å². The Kier molecular flexibility index (Phi) is 7.45. The van der Waals surface area contributed by atoms with Crippen LogP contribution in [0.5, 0.6) is 11.5 Å². The molecule has 0 radical (unpaired) electrons. The van der Waals surface area contributed by atoms with E-state index in [1.54, 1.807) is 20.1 Å². The van der Waals surface area contributed by atoms with E-state index in [9.17, 15) is 9.90 Å². The number of nitrogens with zero attached hydrogens (tertiary/aromatic N) is 3. The van der Waals surface area contributed by atoms with Crippen LogP contribution in [-0.2, 0) is 4.79 Å². The fraction of sp³-hybridized carbons (Fsp3) is 0.500. The Morgan fingerprint density at radius 1 is 1.21 bits per heavy atom. The Bertz CT molecular complexity index is 771. The molecule has 0 bridgehead atoms. The fourth-order valence-electron chi connectivity index (χ4n) is 3.16. The number of aliphatic hydroxyl groups excluding tert-OH is 1. The Morgan fingerprint density at radius 3 is 2.48 bits per heavy atom. The predicted octanol–water partition coefficient (Wildman–Crippen LogP) is 0.988. The van der Waals surface area contributed by atoms with Gasteiger partial charge < -0.3 is 24.4 Å². The standard InChI is InChI=1S/C20H28N4O5/c1-15-11-19(22-29-15)21-20(26)13-24-9-7-23(8-10-24)12-16(25)14-28-18-5-3-17(27-2)4-6-18/h3-6,11,16,25H,7-10,12-14H2,1-2H3,(H,21,22,26). The van der Waals surface area contributed by atoms with Crippen molar-refractivity contribution in [3.05, 3.63) is 36.1 Å². The number of rotatable bonds is 9. The monoisotopic (exact) mass is 404 g/mol. The molecule has 3 rings (SSSR count). The number of aryl methyl sites for hydroxylation is 1. The van der Waals surface area contributed by atoms with Gasteiger partial charge in [-0.3, -0.25) is 14.6 Å². The van der Waals surface area contributed by atoms with E-state index in [4.69, 9.17) is 14.0 Å². The summed E-state index contributed by atoms with van der Waals surface area (Å²) in [6.45, 7) is 5.95. The van der Waals surface area contributed by atoms with Gasteiger partial charge in [-0.15, -0.1) is 0 Å². The van der Waals surface area contributed by atoms with Gasteiger partial charge in [0.25, 0.3) is 0 Å². The van der Waals surface area contributed by atoms with E-state index < -0.39 is 6.10 Å². The van der Waals surface area contributed by atoms with Gasteiger partial charge in [0.15, 0.2) is 5.82 Å². The van der Waals surface area contributed by atoms with Gasteiger partial charge in [-0.2, -0.15) is 0 Å². The van der Waals surface area contributed by atoms with Crippen LogP contribution in [0.15, 0.2) is 34.9 Å². The molecule has 2 aromatic rings. The number of carbonyl (C=O) groups is 1. The number of methoxy groups -OCH3 is 1. The van der Waals surface area contributed by atoms with Crippen LogP contribution in [0.25, 0.3) is 0 Å². The Morgan fingerprint density at radius 2 is 1.86 bits per heavy atom. The van der Waals surface area contributed by atoms with Crippen LogP contribution in [0.1, 0.15) is 5.76 Å². The first-order chi connectivity index (χ1) is 14.0. The van der Waals surface area contributed by atoms with Gasteiger partial charge in [0, 0.05) is 38.8 Å². The molecule has 1 unspecified atom stereocenters. The van der Waals surface area contributed by atoms with Gasteiger partial charge in [-0.25, -0.2) is 0 Å². The molecule has 1 saturated heterocycles. The quantitative estimate of drug-likeness (QED) is 0.638.